The summed E-state index contributed by atoms with van der Waals surface area (Å²) in [5.41, 5.74) is 5.26. The molecule has 1 aliphatic rings. The second-order valence-electron chi connectivity index (χ2n) is 8.79. The number of carbonyl (C=O) groups is 1. The largest absolute Gasteiger partial charge is 0.373 e. The molecule has 9 heteroatoms. The van der Waals surface area contributed by atoms with Crippen LogP contribution in [0.5, 0.6) is 0 Å². The maximum atomic E-state index is 13.1. The molecule has 174 valence electrons. The molecule has 5 rings (SSSR count). The first kappa shape index (κ1) is 22.0. The van der Waals surface area contributed by atoms with Crippen molar-refractivity contribution >= 4 is 28.3 Å². The number of carbonyl (C=O) groups excluding carboxylic acids is 1. The molecule has 9 nitrogen and oxygen atoms in total. The summed E-state index contributed by atoms with van der Waals surface area (Å²) >= 11 is 0. The molecule has 4 aromatic rings. The number of anilines is 2. The van der Waals surface area contributed by atoms with Gasteiger partial charge in [0.05, 0.1) is 17.4 Å². The molecule has 0 spiro atoms. The Hall–Kier alpha value is -3.85. The summed E-state index contributed by atoms with van der Waals surface area (Å²) in [6, 6.07) is 6.22. The van der Waals surface area contributed by atoms with Crippen molar-refractivity contribution in [3.63, 3.8) is 0 Å². The molecule has 0 atom stereocenters. The summed E-state index contributed by atoms with van der Waals surface area (Å²) < 4.78 is 5.47. The predicted octanol–water partition coefficient (Wildman–Crippen LogP) is 4.05. The number of hydrogen-bond acceptors (Lipinski definition) is 8. The number of hydrogen-bond donors (Lipinski definition) is 2. The summed E-state index contributed by atoms with van der Waals surface area (Å²) in [7, 11) is 1.83. The van der Waals surface area contributed by atoms with Gasteiger partial charge in [0, 0.05) is 78.8 Å². The van der Waals surface area contributed by atoms with Crippen LogP contribution in [0.1, 0.15) is 41.4 Å². The van der Waals surface area contributed by atoms with E-state index in [1.165, 1.54) is 0 Å². The lowest BCUT2D eigenvalue weighted by atomic mass is 10.0. The molecule has 0 unspecified atom stereocenters. The highest BCUT2D eigenvalue weighted by Gasteiger charge is 2.28. The Morgan fingerprint density at radius 3 is 2.76 bits per heavy atom. The Bertz CT molecular complexity index is 1380. The smallest absolute Gasteiger partial charge is 0.278 e. The molecule has 1 aliphatic heterocycles. The van der Waals surface area contributed by atoms with Crippen molar-refractivity contribution in [2.24, 2.45) is 0 Å². The Morgan fingerprint density at radius 2 is 1.97 bits per heavy atom. The maximum absolute atomic E-state index is 13.1. The van der Waals surface area contributed by atoms with Gasteiger partial charge in [-0.05, 0) is 32.9 Å². The minimum absolute atomic E-state index is 0.298. The van der Waals surface area contributed by atoms with Crippen molar-refractivity contribution in [3.05, 3.63) is 59.5 Å². The van der Waals surface area contributed by atoms with Crippen molar-refractivity contribution in [1.82, 2.24) is 25.0 Å². The predicted molar refractivity (Wildman–Crippen MR) is 131 cm³/mol. The van der Waals surface area contributed by atoms with Gasteiger partial charge in [0.25, 0.3) is 5.91 Å². The van der Waals surface area contributed by atoms with Crippen molar-refractivity contribution in [1.29, 1.82) is 0 Å². The fourth-order valence-corrected chi connectivity index (χ4v) is 4.24. The number of fused-ring (bicyclic) bond motifs is 2. The van der Waals surface area contributed by atoms with E-state index in [-0.39, 0.29) is 5.91 Å². The summed E-state index contributed by atoms with van der Waals surface area (Å²) in [4.78, 5) is 28.9. The molecule has 0 saturated heterocycles. The molecule has 2 N–H and O–H groups in total. The van der Waals surface area contributed by atoms with Crippen LogP contribution in [0.3, 0.4) is 0 Å². The van der Waals surface area contributed by atoms with Crippen LogP contribution < -0.4 is 10.6 Å². The first-order chi connectivity index (χ1) is 16.4. The average Bonchev–Trinajstić information content (AvgIpc) is 3.28. The van der Waals surface area contributed by atoms with Gasteiger partial charge in [0.15, 0.2) is 5.69 Å². The molecule has 0 radical (unpaired) electrons. The molecule has 34 heavy (non-hydrogen) atoms. The third-order valence-corrected chi connectivity index (χ3v) is 6.28. The second kappa shape index (κ2) is 8.83. The van der Waals surface area contributed by atoms with Gasteiger partial charge in [-0.2, -0.15) is 0 Å². The quantitative estimate of drug-likeness (QED) is 0.462. The van der Waals surface area contributed by atoms with E-state index in [0.717, 1.165) is 57.8 Å². The topological polar surface area (TPSA) is 109 Å². The summed E-state index contributed by atoms with van der Waals surface area (Å²) in [6.07, 6.45) is 6.01. The Morgan fingerprint density at radius 1 is 1.12 bits per heavy atom. The van der Waals surface area contributed by atoms with Gasteiger partial charge in [-0.3, -0.25) is 19.7 Å². The molecule has 0 bridgehead atoms. The number of pyridine rings is 3. The standard InChI is InChI=1S/C25H27N7O2/c1-14(2)32-6-5-22-20(13-32)24(31-34-22)25(33)30-18-8-19(15(3)27-12-18)16-7-17-11-29-23(26-4)9-21(17)28-10-16/h7-12,14H,5-6,13H2,1-4H3,(H,26,29)(H,30,33). The van der Waals surface area contributed by atoms with Crippen LogP contribution in [-0.4, -0.2) is 50.5 Å². The highest BCUT2D eigenvalue weighted by Crippen LogP contribution is 2.29. The zero-order valence-electron chi connectivity index (χ0n) is 19.7. The third kappa shape index (κ3) is 4.10. The van der Waals surface area contributed by atoms with Crippen LogP contribution in [-0.2, 0) is 13.0 Å². The van der Waals surface area contributed by atoms with Gasteiger partial charge in [0.2, 0.25) is 0 Å². The fourth-order valence-electron chi connectivity index (χ4n) is 4.24. The number of rotatable bonds is 5. The van der Waals surface area contributed by atoms with Crippen LogP contribution in [0.15, 0.2) is 41.3 Å². The second-order valence-corrected chi connectivity index (χ2v) is 8.79. The van der Waals surface area contributed by atoms with E-state index in [2.05, 4.69) is 49.5 Å². The maximum Gasteiger partial charge on any atom is 0.278 e. The number of aromatic nitrogens is 4. The SMILES string of the molecule is CNc1cc2ncc(-c3cc(NC(=O)c4noc5c4CN(C(C)C)CC5)cnc3C)cc2cn1. The zero-order chi connectivity index (χ0) is 23.8. The first-order valence-electron chi connectivity index (χ1n) is 11.4. The van der Waals surface area contributed by atoms with Crippen LogP contribution in [0.2, 0.25) is 0 Å². The normalized spacial score (nSPS) is 13.8. The van der Waals surface area contributed by atoms with E-state index in [9.17, 15) is 4.79 Å². The molecule has 0 aromatic carbocycles. The molecule has 4 aromatic heterocycles. The lowest BCUT2D eigenvalue weighted by Gasteiger charge is -2.29. The van der Waals surface area contributed by atoms with E-state index < -0.39 is 0 Å². The molecule has 0 saturated carbocycles. The number of nitrogens with one attached hydrogen (secondary N) is 2. The lowest BCUT2D eigenvalue weighted by molar-refractivity contribution is 0.101. The average molecular weight is 458 g/mol. The summed E-state index contributed by atoms with van der Waals surface area (Å²) in [5.74, 6) is 1.26. The molecule has 5 heterocycles. The zero-order valence-corrected chi connectivity index (χ0v) is 19.7. The molecular formula is C25H27N7O2. The number of aryl methyl sites for hydroxylation is 1. The van der Waals surface area contributed by atoms with Gasteiger partial charge in [-0.15, -0.1) is 0 Å². The van der Waals surface area contributed by atoms with Crippen LogP contribution >= 0.6 is 0 Å². The lowest BCUT2D eigenvalue weighted by Crippen LogP contribution is -2.36. The van der Waals surface area contributed by atoms with Gasteiger partial charge < -0.3 is 15.2 Å². The van der Waals surface area contributed by atoms with Gasteiger partial charge in [-0.25, -0.2) is 4.98 Å². The van der Waals surface area contributed by atoms with Crippen molar-refractivity contribution in [2.45, 2.75) is 39.8 Å². The van der Waals surface area contributed by atoms with E-state index in [4.69, 9.17) is 4.52 Å². The fraction of sp³-hybridized carbons (Fsp3) is 0.320. The highest BCUT2D eigenvalue weighted by molar-refractivity contribution is 6.04. The van der Waals surface area contributed by atoms with Gasteiger partial charge >= 0.3 is 0 Å². The van der Waals surface area contributed by atoms with E-state index in [0.29, 0.717) is 24.0 Å². The van der Waals surface area contributed by atoms with Crippen LogP contribution in [0.4, 0.5) is 11.5 Å². The Balaban J connectivity index is 1.41. The molecule has 0 fully saturated rings. The molecule has 1 amide bonds. The minimum Gasteiger partial charge on any atom is -0.373 e. The third-order valence-electron chi connectivity index (χ3n) is 6.28. The van der Waals surface area contributed by atoms with Crippen LogP contribution in [0, 0.1) is 6.92 Å². The number of amides is 1. The first-order valence-corrected chi connectivity index (χ1v) is 11.4. The summed E-state index contributed by atoms with van der Waals surface area (Å²) in [6.45, 7) is 7.78. The van der Waals surface area contributed by atoms with Gasteiger partial charge in [-0.1, -0.05) is 5.16 Å². The minimum atomic E-state index is -0.298. The van der Waals surface area contributed by atoms with Crippen molar-refractivity contribution < 1.29 is 9.32 Å². The molecule has 0 aliphatic carbocycles. The van der Waals surface area contributed by atoms with Gasteiger partial charge in [0.1, 0.15) is 11.6 Å². The number of nitrogens with zero attached hydrogens (tertiary/aromatic N) is 5. The van der Waals surface area contributed by atoms with Crippen LogP contribution in [0.25, 0.3) is 22.0 Å². The van der Waals surface area contributed by atoms with Crippen molar-refractivity contribution in [2.75, 3.05) is 24.2 Å². The van der Waals surface area contributed by atoms with E-state index in [1.54, 1.807) is 12.4 Å². The summed E-state index contributed by atoms with van der Waals surface area (Å²) in [5, 5.41) is 11.0. The Labute approximate surface area is 197 Å². The monoisotopic (exact) mass is 457 g/mol. The van der Waals surface area contributed by atoms with E-state index >= 15 is 0 Å². The Kier molecular flexibility index (Phi) is 5.70. The van der Waals surface area contributed by atoms with E-state index in [1.807, 2.05) is 38.4 Å². The molecular weight excluding hydrogens is 430 g/mol. The van der Waals surface area contributed by atoms with Crippen molar-refractivity contribution in [3.8, 4) is 11.1 Å². The highest BCUT2D eigenvalue weighted by atomic mass is 16.5.